The number of hydrogen-bond donors (Lipinski definition) is 2. The summed E-state index contributed by atoms with van der Waals surface area (Å²) in [5.74, 6) is 1.97. The van der Waals surface area contributed by atoms with Gasteiger partial charge in [-0.25, -0.2) is 4.98 Å². The Morgan fingerprint density at radius 3 is 3.06 bits per heavy atom. The molecule has 0 amide bonds. The van der Waals surface area contributed by atoms with E-state index >= 15 is 0 Å². The topological polar surface area (TPSA) is 75.0 Å². The molecule has 0 spiro atoms. The molecule has 0 aliphatic carbocycles. The standard InChI is InChI=1S/C12H20N4O/c1-3-10-14-11(6-12(17)15-10)16-5-4-9(13)8(2)7-16/h6,8-9H,3-5,7,13H2,1-2H3,(H,14,15,17). The average Bonchev–Trinajstić information content (AvgIpc) is 2.32. The van der Waals surface area contributed by atoms with Crippen LogP contribution in [0.5, 0.6) is 0 Å². The van der Waals surface area contributed by atoms with Gasteiger partial charge >= 0.3 is 0 Å². The van der Waals surface area contributed by atoms with Crippen LogP contribution in [0.2, 0.25) is 0 Å². The molecule has 3 N–H and O–H groups in total. The molecule has 1 fully saturated rings. The van der Waals surface area contributed by atoms with Crippen LogP contribution in [0.4, 0.5) is 5.82 Å². The lowest BCUT2D eigenvalue weighted by molar-refractivity contribution is 0.381. The first-order valence-electron chi connectivity index (χ1n) is 6.21. The van der Waals surface area contributed by atoms with E-state index in [1.54, 1.807) is 6.07 Å². The molecule has 0 saturated carbocycles. The lowest BCUT2D eigenvalue weighted by atomic mass is 9.95. The fourth-order valence-electron chi connectivity index (χ4n) is 2.20. The fraction of sp³-hybridized carbons (Fsp3) is 0.667. The first-order chi connectivity index (χ1) is 8.10. The molecular formula is C12H20N4O. The molecule has 0 radical (unpaired) electrons. The Bertz CT molecular complexity index is 442. The van der Waals surface area contributed by atoms with Crippen molar-refractivity contribution in [2.45, 2.75) is 32.7 Å². The van der Waals surface area contributed by atoms with Gasteiger partial charge < -0.3 is 15.6 Å². The van der Waals surface area contributed by atoms with Crippen molar-refractivity contribution in [3.05, 3.63) is 22.2 Å². The molecule has 0 aromatic carbocycles. The number of nitrogens with one attached hydrogen (secondary N) is 1. The number of nitrogens with two attached hydrogens (primary N) is 1. The quantitative estimate of drug-likeness (QED) is 0.784. The predicted molar refractivity (Wildman–Crippen MR) is 68.2 cm³/mol. The Morgan fingerprint density at radius 1 is 1.65 bits per heavy atom. The van der Waals surface area contributed by atoms with Crippen molar-refractivity contribution in [3.63, 3.8) is 0 Å². The molecular weight excluding hydrogens is 216 g/mol. The van der Waals surface area contributed by atoms with Gasteiger partial charge in [-0.15, -0.1) is 0 Å². The van der Waals surface area contributed by atoms with Gasteiger partial charge in [0.15, 0.2) is 0 Å². The van der Waals surface area contributed by atoms with Gasteiger partial charge in [0.2, 0.25) is 0 Å². The third kappa shape index (κ3) is 2.66. The number of aryl methyl sites for hydroxylation is 1. The number of piperidine rings is 1. The van der Waals surface area contributed by atoms with Gasteiger partial charge in [0, 0.05) is 31.6 Å². The normalized spacial score (nSPS) is 25.0. The Balaban J connectivity index is 2.22. The second-order valence-corrected chi connectivity index (χ2v) is 4.78. The van der Waals surface area contributed by atoms with Crippen molar-refractivity contribution >= 4 is 5.82 Å². The van der Waals surface area contributed by atoms with Crippen LogP contribution < -0.4 is 16.2 Å². The summed E-state index contributed by atoms with van der Waals surface area (Å²) in [6.07, 6.45) is 1.70. The molecule has 1 aliphatic rings. The van der Waals surface area contributed by atoms with E-state index in [1.807, 2.05) is 6.92 Å². The number of aromatic amines is 1. The smallest absolute Gasteiger partial charge is 0.252 e. The van der Waals surface area contributed by atoms with E-state index in [1.165, 1.54) is 0 Å². The van der Waals surface area contributed by atoms with Crippen molar-refractivity contribution in [1.82, 2.24) is 9.97 Å². The molecule has 2 unspecified atom stereocenters. The summed E-state index contributed by atoms with van der Waals surface area (Å²) in [5.41, 5.74) is 5.91. The largest absolute Gasteiger partial charge is 0.356 e. The molecule has 17 heavy (non-hydrogen) atoms. The summed E-state index contributed by atoms with van der Waals surface area (Å²) in [6.45, 7) is 5.88. The van der Waals surface area contributed by atoms with Crippen LogP contribution in [0.1, 0.15) is 26.1 Å². The molecule has 1 aromatic heterocycles. The molecule has 2 rings (SSSR count). The molecule has 1 aliphatic heterocycles. The van der Waals surface area contributed by atoms with Gasteiger partial charge in [-0.2, -0.15) is 0 Å². The SMILES string of the molecule is CCc1nc(N2CCC(N)C(C)C2)cc(=O)[nH]1. The number of aromatic nitrogens is 2. The first-order valence-corrected chi connectivity index (χ1v) is 6.21. The lowest BCUT2D eigenvalue weighted by Gasteiger charge is -2.35. The monoisotopic (exact) mass is 236 g/mol. The summed E-state index contributed by atoms with van der Waals surface area (Å²) < 4.78 is 0. The van der Waals surface area contributed by atoms with E-state index < -0.39 is 0 Å². The first kappa shape index (κ1) is 12.1. The minimum absolute atomic E-state index is 0.0747. The van der Waals surface area contributed by atoms with Crippen molar-refractivity contribution in [2.24, 2.45) is 11.7 Å². The molecule has 1 saturated heterocycles. The Morgan fingerprint density at radius 2 is 2.41 bits per heavy atom. The zero-order valence-corrected chi connectivity index (χ0v) is 10.4. The van der Waals surface area contributed by atoms with Crippen LogP contribution in [0.25, 0.3) is 0 Å². The van der Waals surface area contributed by atoms with Crippen LogP contribution in [0.3, 0.4) is 0 Å². The number of H-pyrrole nitrogens is 1. The van der Waals surface area contributed by atoms with E-state index in [0.717, 1.165) is 37.6 Å². The average molecular weight is 236 g/mol. The highest BCUT2D eigenvalue weighted by Gasteiger charge is 2.24. The highest BCUT2D eigenvalue weighted by molar-refractivity contribution is 5.38. The minimum atomic E-state index is -0.0747. The van der Waals surface area contributed by atoms with Crippen molar-refractivity contribution < 1.29 is 0 Å². The molecule has 94 valence electrons. The maximum Gasteiger partial charge on any atom is 0.252 e. The zero-order valence-electron chi connectivity index (χ0n) is 10.4. The van der Waals surface area contributed by atoms with Crippen LogP contribution in [-0.4, -0.2) is 29.1 Å². The molecule has 0 bridgehead atoms. The van der Waals surface area contributed by atoms with Crippen LogP contribution in [0.15, 0.2) is 10.9 Å². The third-order valence-electron chi connectivity index (χ3n) is 3.41. The summed E-state index contributed by atoms with van der Waals surface area (Å²) in [5, 5.41) is 0. The van der Waals surface area contributed by atoms with E-state index in [2.05, 4.69) is 21.8 Å². The predicted octanol–water partition coefficient (Wildman–Crippen LogP) is 0.506. The number of rotatable bonds is 2. The minimum Gasteiger partial charge on any atom is -0.356 e. The lowest BCUT2D eigenvalue weighted by Crippen LogP contribution is -2.46. The maximum atomic E-state index is 11.5. The molecule has 2 atom stereocenters. The van der Waals surface area contributed by atoms with Crippen molar-refractivity contribution in [1.29, 1.82) is 0 Å². The van der Waals surface area contributed by atoms with Crippen LogP contribution in [0, 0.1) is 5.92 Å². The van der Waals surface area contributed by atoms with E-state index in [0.29, 0.717) is 5.92 Å². The molecule has 1 aromatic rings. The summed E-state index contributed by atoms with van der Waals surface area (Å²) >= 11 is 0. The van der Waals surface area contributed by atoms with Gasteiger partial charge in [-0.05, 0) is 12.3 Å². The molecule has 5 heteroatoms. The number of nitrogens with zero attached hydrogens (tertiary/aromatic N) is 2. The van der Waals surface area contributed by atoms with Gasteiger partial charge in [0.25, 0.3) is 5.56 Å². The maximum absolute atomic E-state index is 11.5. The number of hydrogen-bond acceptors (Lipinski definition) is 4. The second kappa shape index (κ2) is 4.87. The van der Waals surface area contributed by atoms with E-state index in [-0.39, 0.29) is 11.6 Å². The van der Waals surface area contributed by atoms with E-state index in [4.69, 9.17) is 5.73 Å². The van der Waals surface area contributed by atoms with Gasteiger partial charge in [-0.1, -0.05) is 13.8 Å². The van der Waals surface area contributed by atoms with Crippen molar-refractivity contribution in [3.8, 4) is 0 Å². The van der Waals surface area contributed by atoms with Gasteiger partial charge in [0.1, 0.15) is 11.6 Å². The number of anilines is 1. The molecule has 2 heterocycles. The third-order valence-corrected chi connectivity index (χ3v) is 3.41. The molecule has 5 nitrogen and oxygen atoms in total. The van der Waals surface area contributed by atoms with Crippen molar-refractivity contribution in [2.75, 3.05) is 18.0 Å². The summed E-state index contributed by atoms with van der Waals surface area (Å²) in [6, 6.07) is 1.84. The Hall–Kier alpha value is -1.36. The Kier molecular flexibility index (Phi) is 3.47. The van der Waals surface area contributed by atoms with Crippen LogP contribution in [-0.2, 0) is 6.42 Å². The zero-order chi connectivity index (χ0) is 12.4. The van der Waals surface area contributed by atoms with Gasteiger partial charge in [-0.3, -0.25) is 4.79 Å². The summed E-state index contributed by atoms with van der Waals surface area (Å²) in [7, 11) is 0. The Labute approximate surface area is 101 Å². The second-order valence-electron chi connectivity index (χ2n) is 4.78. The highest BCUT2D eigenvalue weighted by atomic mass is 16.1. The summed E-state index contributed by atoms with van der Waals surface area (Å²) in [4.78, 5) is 20.9. The van der Waals surface area contributed by atoms with Crippen LogP contribution >= 0.6 is 0 Å². The fourth-order valence-corrected chi connectivity index (χ4v) is 2.20. The van der Waals surface area contributed by atoms with E-state index in [9.17, 15) is 4.79 Å². The highest BCUT2D eigenvalue weighted by Crippen LogP contribution is 2.19. The van der Waals surface area contributed by atoms with Gasteiger partial charge in [0.05, 0.1) is 0 Å².